The van der Waals surface area contributed by atoms with Crippen molar-refractivity contribution in [1.82, 2.24) is 0 Å². The third kappa shape index (κ3) is 58.7. The highest BCUT2D eigenvalue weighted by molar-refractivity contribution is 5.71. The molecule has 6 nitrogen and oxygen atoms in total. The highest BCUT2D eigenvalue weighted by Gasteiger charge is 2.19. The Kier molecular flexibility index (Phi) is 58.6. The second kappa shape index (κ2) is 60.4. The molecule has 0 rings (SSSR count). The van der Waals surface area contributed by atoms with Crippen LogP contribution in [0.15, 0.2) is 24.3 Å². The van der Waals surface area contributed by atoms with Crippen molar-refractivity contribution in [3.8, 4) is 0 Å². The molecule has 71 heavy (non-hydrogen) atoms. The third-order valence-electron chi connectivity index (χ3n) is 14.4. The second-order valence-electron chi connectivity index (χ2n) is 21.7. The number of hydrogen-bond donors (Lipinski definition) is 0. The molecule has 0 aliphatic heterocycles. The largest absolute Gasteiger partial charge is 0.462 e. The predicted octanol–water partition coefficient (Wildman–Crippen LogP) is 21.4. The van der Waals surface area contributed by atoms with Crippen LogP contribution in [-0.2, 0) is 28.6 Å². The fraction of sp³-hybridized carbons (Fsp3) is 0.892. The van der Waals surface area contributed by atoms with E-state index in [4.69, 9.17) is 14.2 Å². The standard InChI is InChI=1S/C65H122O6/c1-4-7-10-13-16-19-22-25-26-27-28-29-30-31-32-33-34-35-36-37-38-39-40-41-44-46-49-52-55-58-64(67)70-61-62(71-65(68)59-56-53-50-47-43-24-21-18-15-12-9-6-3)60-69-63(66)57-54-51-48-45-42-23-20-17-14-11-8-5-2/h18,21,27-28,62H,4-17,19-20,22-26,29-61H2,1-3H3/b21-18-,28-27-. The van der Waals surface area contributed by atoms with Gasteiger partial charge in [0.1, 0.15) is 13.2 Å². The third-order valence-corrected chi connectivity index (χ3v) is 14.4. The first-order valence-electron chi connectivity index (χ1n) is 31.8. The highest BCUT2D eigenvalue weighted by atomic mass is 16.6. The lowest BCUT2D eigenvalue weighted by atomic mass is 10.0. The molecule has 0 aromatic carbocycles. The van der Waals surface area contributed by atoms with Crippen LogP contribution in [0.3, 0.4) is 0 Å². The lowest BCUT2D eigenvalue weighted by Gasteiger charge is -2.18. The summed E-state index contributed by atoms with van der Waals surface area (Å²) in [6.07, 6.45) is 72.0. The van der Waals surface area contributed by atoms with Crippen molar-refractivity contribution in [3.05, 3.63) is 24.3 Å². The summed E-state index contributed by atoms with van der Waals surface area (Å²) < 4.78 is 16.9. The maximum atomic E-state index is 12.8. The monoisotopic (exact) mass is 999 g/mol. The first-order chi connectivity index (χ1) is 35.0. The van der Waals surface area contributed by atoms with Crippen molar-refractivity contribution in [2.45, 2.75) is 361 Å². The second-order valence-corrected chi connectivity index (χ2v) is 21.7. The van der Waals surface area contributed by atoms with E-state index in [9.17, 15) is 14.4 Å². The van der Waals surface area contributed by atoms with Crippen LogP contribution in [0.5, 0.6) is 0 Å². The quantitative estimate of drug-likeness (QED) is 0.0261. The molecule has 0 amide bonds. The van der Waals surface area contributed by atoms with Crippen molar-refractivity contribution < 1.29 is 28.6 Å². The molecule has 0 N–H and O–H groups in total. The molecule has 0 radical (unpaired) electrons. The molecule has 0 aliphatic carbocycles. The minimum absolute atomic E-state index is 0.0693. The maximum absolute atomic E-state index is 12.8. The van der Waals surface area contributed by atoms with Gasteiger partial charge in [0.15, 0.2) is 6.10 Å². The molecule has 0 bridgehead atoms. The van der Waals surface area contributed by atoms with E-state index >= 15 is 0 Å². The van der Waals surface area contributed by atoms with Gasteiger partial charge >= 0.3 is 17.9 Å². The number of carbonyl (C=O) groups is 3. The van der Waals surface area contributed by atoms with E-state index in [1.807, 2.05) is 0 Å². The summed E-state index contributed by atoms with van der Waals surface area (Å²) in [4.78, 5) is 38.1. The summed E-state index contributed by atoms with van der Waals surface area (Å²) in [7, 11) is 0. The zero-order chi connectivity index (χ0) is 51.4. The average Bonchev–Trinajstić information content (AvgIpc) is 3.37. The number of hydrogen-bond acceptors (Lipinski definition) is 6. The minimum Gasteiger partial charge on any atom is -0.462 e. The van der Waals surface area contributed by atoms with Crippen LogP contribution in [0.1, 0.15) is 355 Å². The number of unbranched alkanes of at least 4 members (excludes halogenated alkanes) is 44. The molecule has 0 aromatic heterocycles. The molecule has 418 valence electrons. The van der Waals surface area contributed by atoms with Crippen molar-refractivity contribution in [2.24, 2.45) is 0 Å². The zero-order valence-corrected chi connectivity index (χ0v) is 48.0. The lowest BCUT2D eigenvalue weighted by molar-refractivity contribution is -0.167. The highest BCUT2D eigenvalue weighted by Crippen LogP contribution is 2.18. The molecule has 1 unspecified atom stereocenters. The molecule has 0 heterocycles. The summed E-state index contributed by atoms with van der Waals surface area (Å²) in [6.45, 7) is 6.66. The van der Waals surface area contributed by atoms with E-state index in [0.29, 0.717) is 19.3 Å². The molecule has 0 aliphatic rings. The topological polar surface area (TPSA) is 78.9 Å². The fourth-order valence-corrected chi connectivity index (χ4v) is 9.61. The Balaban J connectivity index is 4.08. The van der Waals surface area contributed by atoms with Crippen LogP contribution in [-0.4, -0.2) is 37.2 Å². The van der Waals surface area contributed by atoms with Crippen LogP contribution in [0.2, 0.25) is 0 Å². The van der Waals surface area contributed by atoms with E-state index in [-0.39, 0.29) is 31.1 Å². The fourth-order valence-electron chi connectivity index (χ4n) is 9.61. The van der Waals surface area contributed by atoms with Gasteiger partial charge < -0.3 is 14.2 Å². The van der Waals surface area contributed by atoms with Crippen LogP contribution in [0, 0.1) is 0 Å². The van der Waals surface area contributed by atoms with Crippen molar-refractivity contribution >= 4 is 17.9 Å². The van der Waals surface area contributed by atoms with Gasteiger partial charge in [-0.1, -0.05) is 289 Å². The Bertz CT molecular complexity index is 1150. The average molecular weight is 1000 g/mol. The Hall–Kier alpha value is -2.11. The van der Waals surface area contributed by atoms with Gasteiger partial charge in [-0.3, -0.25) is 14.4 Å². The first kappa shape index (κ1) is 68.9. The molecule has 0 saturated heterocycles. The van der Waals surface area contributed by atoms with E-state index in [1.54, 1.807) is 0 Å². The maximum Gasteiger partial charge on any atom is 0.306 e. The van der Waals surface area contributed by atoms with Gasteiger partial charge in [0.25, 0.3) is 0 Å². The Labute approximate surface area is 443 Å². The van der Waals surface area contributed by atoms with E-state index < -0.39 is 6.10 Å². The Morgan fingerprint density at radius 1 is 0.268 bits per heavy atom. The molecular formula is C65H122O6. The van der Waals surface area contributed by atoms with Gasteiger partial charge in [-0.25, -0.2) is 0 Å². The van der Waals surface area contributed by atoms with Crippen LogP contribution in [0.25, 0.3) is 0 Å². The summed E-state index contributed by atoms with van der Waals surface area (Å²) in [5.74, 6) is -0.857. The van der Waals surface area contributed by atoms with Gasteiger partial charge in [-0.05, 0) is 70.6 Å². The number of esters is 3. The molecule has 0 saturated carbocycles. The number of carbonyl (C=O) groups excluding carboxylic acids is 3. The van der Waals surface area contributed by atoms with Gasteiger partial charge in [-0.2, -0.15) is 0 Å². The van der Waals surface area contributed by atoms with Crippen molar-refractivity contribution in [3.63, 3.8) is 0 Å². The number of allylic oxidation sites excluding steroid dienone is 4. The smallest absolute Gasteiger partial charge is 0.306 e. The summed E-state index contributed by atoms with van der Waals surface area (Å²) in [5.41, 5.74) is 0. The Morgan fingerprint density at radius 3 is 0.732 bits per heavy atom. The summed E-state index contributed by atoms with van der Waals surface area (Å²) in [6, 6.07) is 0. The first-order valence-corrected chi connectivity index (χ1v) is 31.8. The van der Waals surface area contributed by atoms with Gasteiger partial charge in [0.05, 0.1) is 0 Å². The van der Waals surface area contributed by atoms with Crippen molar-refractivity contribution in [1.29, 1.82) is 0 Å². The normalized spacial score (nSPS) is 12.1. The zero-order valence-electron chi connectivity index (χ0n) is 48.0. The molecule has 1 atom stereocenters. The van der Waals surface area contributed by atoms with Crippen LogP contribution >= 0.6 is 0 Å². The van der Waals surface area contributed by atoms with E-state index in [1.165, 1.54) is 250 Å². The van der Waals surface area contributed by atoms with E-state index in [2.05, 4.69) is 45.1 Å². The predicted molar refractivity (Wildman–Crippen MR) is 307 cm³/mol. The van der Waals surface area contributed by atoms with E-state index in [0.717, 1.165) is 64.2 Å². The minimum atomic E-state index is -0.770. The van der Waals surface area contributed by atoms with Crippen molar-refractivity contribution in [2.75, 3.05) is 13.2 Å². The molecular weight excluding hydrogens is 877 g/mol. The molecule has 0 fully saturated rings. The summed E-state index contributed by atoms with van der Waals surface area (Å²) >= 11 is 0. The van der Waals surface area contributed by atoms with Crippen LogP contribution < -0.4 is 0 Å². The summed E-state index contributed by atoms with van der Waals surface area (Å²) in [5, 5.41) is 0. The van der Waals surface area contributed by atoms with Gasteiger partial charge in [-0.15, -0.1) is 0 Å². The SMILES string of the molecule is CCCCC/C=C\CCCCCCCC(=O)OC(COC(=O)CCCCCCCCCCCCCC)COC(=O)CCCCCCCCCCCCCCCCCCC/C=C\CCCCCCCCCC. The lowest BCUT2D eigenvalue weighted by Crippen LogP contribution is -2.30. The number of rotatable bonds is 59. The van der Waals surface area contributed by atoms with Gasteiger partial charge in [0.2, 0.25) is 0 Å². The van der Waals surface area contributed by atoms with Gasteiger partial charge in [0, 0.05) is 19.3 Å². The Morgan fingerprint density at radius 2 is 0.465 bits per heavy atom. The number of ether oxygens (including phenoxy) is 3. The van der Waals surface area contributed by atoms with Crippen LogP contribution in [0.4, 0.5) is 0 Å². The molecule has 6 heteroatoms. The molecule has 0 aromatic rings. The molecule has 0 spiro atoms.